The molecule has 21 heavy (non-hydrogen) atoms. The maximum absolute atomic E-state index is 9.93. The lowest BCUT2D eigenvalue weighted by Crippen LogP contribution is -2.61. The van der Waals surface area contributed by atoms with E-state index >= 15 is 0 Å². The average Bonchev–Trinajstić information content (AvgIpc) is 2.44. The van der Waals surface area contributed by atoms with E-state index in [1.165, 1.54) is 0 Å². The van der Waals surface area contributed by atoms with Crippen LogP contribution in [0.1, 0.15) is 13.3 Å². The van der Waals surface area contributed by atoms with Crippen molar-refractivity contribution < 1.29 is 44.8 Å². The second kappa shape index (κ2) is 6.82. The van der Waals surface area contributed by atoms with E-state index in [0.717, 1.165) is 0 Å². The molecule has 0 spiro atoms. The predicted molar refractivity (Wildman–Crippen MR) is 65.8 cm³/mol. The van der Waals surface area contributed by atoms with Crippen LogP contribution >= 0.6 is 0 Å². The molecule has 9 heteroatoms. The van der Waals surface area contributed by atoms with Crippen LogP contribution in [0.5, 0.6) is 0 Å². The third kappa shape index (κ3) is 3.52. The Bertz CT molecular complexity index is 329. The molecule has 2 aliphatic rings. The highest BCUT2D eigenvalue weighted by Crippen LogP contribution is 2.27. The molecule has 0 amide bonds. The molecule has 9 nitrogen and oxygen atoms in total. The molecule has 0 aromatic carbocycles. The monoisotopic (exact) mass is 310 g/mol. The first kappa shape index (κ1) is 17.0. The number of hydrogen-bond donors (Lipinski definition) is 6. The minimum atomic E-state index is -1.57. The van der Waals surface area contributed by atoms with Gasteiger partial charge in [0, 0.05) is 6.42 Å². The van der Waals surface area contributed by atoms with Crippen LogP contribution in [0.25, 0.3) is 0 Å². The van der Waals surface area contributed by atoms with Crippen molar-refractivity contribution in [1.29, 1.82) is 0 Å². The van der Waals surface area contributed by atoms with E-state index in [0.29, 0.717) is 0 Å². The second-order valence-corrected chi connectivity index (χ2v) is 5.39. The summed E-state index contributed by atoms with van der Waals surface area (Å²) in [6, 6.07) is 0. The first-order chi connectivity index (χ1) is 9.85. The zero-order valence-corrected chi connectivity index (χ0v) is 11.5. The lowest BCUT2D eigenvalue weighted by atomic mass is 9.98. The van der Waals surface area contributed by atoms with E-state index in [4.69, 9.17) is 19.3 Å². The Morgan fingerprint density at radius 1 is 1.00 bits per heavy atom. The van der Waals surface area contributed by atoms with Gasteiger partial charge in [-0.1, -0.05) is 0 Å². The molecular formula is C12H22O9. The highest BCUT2D eigenvalue weighted by atomic mass is 16.7. The summed E-state index contributed by atoms with van der Waals surface area (Å²) in [6.45, 7) is 0.980. The summed E-state index contributed by atoms with van der Waals surface area (Å²) < 4.78 is 15.6. The summed E-state index contributed by atoms with van der Waals surface area (Å²) in [7, 11) is 0. The predicted octanol–water partition coefficient (Wildman–Crippen LogP) is -3.34. The zero-order chi connectivity index (χ0) is 15.7. The number of aliphatic hydroxyl groups is 6. The normalized spacial score (nSPS) is 51.9. The molecule has 2 saturated heterocycles. The number of ether oxygens (including phenoxy) is 3. The van der Waals surface area contributed by atoms with Gasteiger partial charge in [-0.05, 0) is 6.92 Å². The van der Waals surface area contributed by atoms with Gasteiger partial charge in [-0.2, -0.15) is 0 Å². The van der Waals surface area contributed by atoms with Gasteiger partial charge in [-0.25, -0.2) is 0 Å². The molecule has 2 heterocycles. The molecule has 2 fully saturated rings. The number of rotatable bonds is 3. The zero-order valence-electron chi connectivity index (χ0n) is 11.5. The van der Waals surface area contributed by atoms with Crippen LogP contribution in [0.2, 0.25) is 0 Å². The molecule has 9 atom stereocenters. The summed E-state index contributed by atoms with van der Waals surface area (Å²) >= 11 is 0. The molecule has 0 saturated carbocycles. The van der Waals surface area contributed by atoms with Gasteiger partial charge < -0.3 is 44.8 Å². The molecule has 0 aromatic rings. The maximum Gasteiger partial charge on any atom is 0.184 e. The molecule has 0 bridgehead atoms. The van der Waals surface area contributed by atoms with Gasteiger partial charge in [0.1, 0.15) is 30.5 Å². The summed E-state index contributed by atoms with van der Waals surface area (Å²) in [5, 5.41) is 57.6. The first-order valence-electron chi connectivity index (χ1n) is 6.82. The molecule has 0 aromatic heterocycles. The summed E-state index contributed by atoms with van der Waals surface area (Å²) in [6.07, 6.45) is -10.7. The van der Waals surface area contributed by atoms with E-state index in [-0.39, 0.29) is 6.42 Å². The van der Waals surface area contributed by atoms with Crippen LogP contribution in [0, 0.1) is 0 Å². The number of aliphatic hydroxyl groups excluding tert-OH is 6. The maximum atomic E-state index is 9.93. The van der Waals surface area contributed by atoms with Crippen LogP contribution in [0.15, 0.2) is 0 Å². The van der Waals surface area contributed by atoms with Crippen molar-refractivity contribution in [3.63, 3.8) is 0 Å². The quantitative estimate of drug-likeness (QED) is 0.314. The molecule has 0 unspecified atom stereocenters. The Balaban J connectivity index is 1.98. The van der Waals surface area contributed by atoms with E-state index in [1.807, 2.05) is 0 Å². The Hall–Kier alpha value is -0.360. The van der Waals surface area contributed by atoms with Gasteiger partial charge >= 0.3 is 0 Å². The lowest BCUT2D eigenvalue weighted by Gasteiger charge is -2.43. The van der Waals surface area contributed by atoms with Crippen molar-refractivity contribution in [3.05, 3.63) is 0 Å². The van der Waals surface area contributed by atoms with Gasteiger partial charge in [0.2, 0.25) is 0 Å². The minimum Gasteiger partial charge on any atom is -0.394 e. The molecule has 6 N–H and O–H groups in total. The van der Waals surface area contributed by atoms with Crippen LogP contribution in [0.3, 0.4) is 0 Å². The molecule has 0 aliphatic carbocycles. The van der Waals surface area contributed by atoms with Crippen molar-refractivity contribution in [3.8, 4) is 0 Å². The van der Waals surface area contributed by atoms with Crippen molar-refractivity contribution >= 4 is 0 Å². The Morgan fingerprint density at radius 2 is 1.67 bits per heavy atom. The van der Waals surface area contributed by atoms with Gasteiger partial charge in [0.05, 0.1) is 18.8 Å². The van der Waals surface area contributed by atoms with Gasteiger partial charge in [-0.15, -0.1) is 0 Å². The standard InChI is InChI=1S/C12H22O9/c1-4-8(15)5(14)2-7(19-4)21-11-10(17)9(16)6(3-13)20-12(11)18/h4-18H,2-3H2,1H3/t4-,5-,6+,7-,8-,9-,10-,11+,12-/m0/s1. The first-order valence-corrected chi connectivity index (χ1v) is 6.82. The molecular weight excluding hydrogens is 288 g/mol. The van der Waals surface area contributed by atoms with Crippen LogP contribution in [-0.4, -0.2) is 92.6 Å². The van der Waals surface area contributed by atoms with E-state index in [1.54, 1.807) is 6.92 Å². The Kier molecular flexibility index (Phi) is 5.52. The van der Waals surface area contributed by atoms with Crippen molar-refractivity contribution in [2.45, 2.75) is 68.7 Å². The van der Waals surface area contributed by atoms with E-state index in [9.17, 15) is 25.5 Å². The van der Waals surface area contributed by atoms with Gasteiger partial charge in [-0.3, -0.25) is 0 Å². The average molecular weight is 310 g/mol. The molecule has 2 rings (SSSR count). The lowest BCUT2D eigenvalue weighted by molar-refractivity contribution is -0.340. The Labute approximate surface area is 121 Å². The summed E-state index contributed by atoms with van der Waals surface area (Å²) in [5.41, 5.74) is 0. The fraction of sp³-hybridized carbons (Fsp3) is 1.00. The highest BCUT2D eigenvalue weighted by molar-refractivity contribution is 4.90. The fourth-order valence-electron chi connectivity index (χ4n) is 2.51. The molecule has 124 valence electrons. The number of hydrogen-bond acceptors (Lipinski definition) is 9. The molecule has 0 radical (unpaired) electrons. The third-order valence-corrected chi connectivity index (χ3v) is 3.83. The third-order valence-electron chi connectivity index (χ3n) is 3.83. The molecule has 2 aliphatic heterocycles. The summed E-state index contributed by atoms with van der Waals surface area (Å²) in [4.78, 5) is 0. The SMILES string of the molecule is C[C@@H]1O[C@@H](O[C@@H]2[C@@H](O)[C@@H](O)[C@@H](CO)O[C@@H]2O)C[C@H](O)[C@H]1O. The minimum absolute atomic E-state index is 0.0546. The van der Waals surface area contributed by atoms with Crippen LogP contribution in [0.4, 0.5) is 0 Å². The smallest absolute Gasteiger partial charge is 0.184 e. The van der Waals surface area contributed by atoms with Gasteiger partial charge in [0.15, 0.2) is 12.6 Å². The highest BCUT2D eigenvalue weighted by Gasteiger charge is 2.46. The van der Waals surface area contributed by atoms with Crippen LogP contribution in [-0.2, 0) is 14.2 Å². The topological polar surface area (TPSA) is 149 Å². The van der Waals surface area contributed by atoms with E-state index < -0.39 is 61.9 Å². The van der Waals surface area contributed by atoms with Crippen molar-refractivity contribution in [2.24, 2.45) is 0 Å². The van der Waals surface area contributed by atoms with Crippen LogP contribution < -0.4 is 0 Å². The second-order valence-electron chi connectivity index (χ2n) is 5.39. The van der Waals surface area contributed by atoms with Crippen molar-refractivity contribution in [1.82, 2.24) is 0 Å². The summed E-state index contributed by atoms with van der Waals surface area (Å²) in [5.74, 6) is 0. The van der Waals surface area contributed by atoms with Crippen molar-refractivity contribution in [2.75, 3.05) is 6.61 Å². The van der Waals surface area contributed by atoms with E-state index in [2.05, 4.69) is 0 Å². The van der Waals surface area contributed by atoms with Gasteiger partial charge in [0.25, 0.3) is 0 Å². The fourth-order valence-corrected chi connectivity index (χ4v) is 2.51. The Morgan fingerprint density at radius 3 is 2.24 bits per heavy atom. The largest absolute Gasteiger partial charge is 0.394 e.